The highest BCUT2D eigenvalue weighted by Crippen LogP contribution is 2.44. The number of ketones is 1. The SMILES string of the molecule is CCOc1ccc(/C(O)=C2/C(=O)C(=O)N(c3nnc(SCc4ccccc4Cl)s3)C2c2ccncc2)cc1. The Hall–Kier alpha value is -3.73. The molecule has 0 aliphatic carbocycles. The molecule has 5 rings (SSSR count). The molecular weight excluding hydrogens is 544 g/mol. The summed E-state index contributed by atoms with van der Waals surface area (Å²) < 4.78 is 6.08. The Morgan fingerprint density at radius 1 is 1.08 bits per heavy atom. The molecule has 1 unspecified atom stereocenters. The second kappa shape index (κ2) is 11.3. The largest absolute Gasteiger partial charge is 0.507 e. The zero-order valence-electron chi connectivity index (χ0n) is 20.1. The lowest BCUT2D eigenvalue weighted by Gasteiger charge is -2.22. The average Bonchev–Trinajstić information content (AvgIpc) is 3.51. The number of nitrogens with zero attached hydrogens (tertiary/aromatic N) is 4. The minimum Gasteiger partial charge on any atom is -0.507 e. The molecule has 3 heterocycles. The molecule has 0 radical (unpaired) electrons. The number of aromatic nitrogens is 3. The Labute approximate surface area is 232 Å². The first-order valence-corrected chi connectivity index (χ1v) is 13.8. The van der Waals surface area contributed by atoms with Crippen molar-refractivity contribution in [1.29, 1.82) is 0 Å². The van der Waals surface area contributed by atoms with Crippen LogP contribution in [0.1, 0.15) is 29.7 Å². The first-order valence-electron chi connectivity index (χ1n) is 11.6. The fourth-order valence-electron chi connectivity index (χ4n) is 4.04. The van der Waals surface area contributed by atoms with Crippen LogP contribution in [0.5, 0.6) is 5.75 Å². The number of rotatable bonds is 8. The van der Waals surface area contributed by atoms with Gasteiger partial charge in [-0.1, -0.05) is 52.9 Å². The van der Waals surface area contributed by atoms with Gasteiger partial charge in [0.1, 0.15) is 11.5 Å². The Morgan fingerprint density at radius 2 is 1.82 bits per heavy atom. The molecule has 1 aliphatic heterocycles. The van der Waals surface area contributed by atoms with E-state index in [4.69, 9.17) is 16.3 Å². The summed E-state index contributed by atoms with van der Waals surface area (Å²) in [5.41, 5.74) is 1.90. The van der Waals surface area contributed by atoms with E-state index in [9.17, 15) is 14.7 Å². The molecule has 1 atom stereocenters. The third-order valence-electron chi connectivity index (χ3n) is 5.82. The van der Waals surface area contributed by atoms with E-state index >= 15 is 0 Å². The third kappa shape index (κ3) is 5.15. The van der Waals surface area contributed by atoms with Crippen LogP contribution in [-0.2, 0) is 15.3 Å². The number of ether oxygens (including phenoxy) is 1. The first-order chi connectivity index (χ1) is 18.5. The number of carbonyl (C=O) groups excluding carboxylic acids is 2. The molecule has 4 aromatic rings. The molecule has 1 aliphatic rings. The van der Waals surface area contributed by atoms with E-state index in [1.807, 2.05) is 31.2 Å². The molecule has 192 valence electrons. The minimum atomic E-state index is -0.904. The fraction of sp³-hybridized carbons (Fsp3) is 0.148. The number of aliphatic hydroxyl groups is 1. The summed E-state index contributed by atoms with van der Waals surface area (Å²) in [6.45, 7) is 2.37. The predicted molar refractivity (Wildman–Crippen MR) is 148 cm³/mol. The molecule has 2 aromatic carbocycles. The molecule has 1 saturated heterocycles. The Morgan fingerprint density at radius 3 is 2.53 bits per heavy atom. The Bertz CT molecular complexity index is 1510. The fourth-order valence-corrected chi connectivity index (χ4v) is 6.19. The van der Waals surface area contributed by atoms with Gasteiger partial charge in [0.15, 0.2) is 4.34 Å². The van der Waals surface area contributed by atoms with Crippen molar-refractivity contribution in [2.24, 2.45) is 0 Å². The molecule has 38 heavy (non-hydrogen) atoms. The molecule has 11 heteroatoms. The van der Waals surface area contributed by atoms with Crippen molar-refractivity contribution in [3.05, 3.63) is 100 Å². The van der Waals surface area contributed by atoms with Crippen molar-refractivity contribution in [1.82, 2.24) is 15.2 Å². The van der Waals surface area contributed by atoms with Crippen molar-refractivity contribution in [2.45, 2.75) is 23.1 Å². The number of hydrogen-bond donors (Lipinski definition) is 1. The molecule has 0 saturated carbocycles. The number of pyridine rings is 1. The quantitative estimate of drug-likeness (QED) is 0.0926. The van der Waals surface area contributed by atoms with Crippen molar-refractivity contribution in [2.75, 3.05) is 11.5 Å². The summed E-state index contributed by atoms with van der Waals surface area (Å²) in [6, 6.07) is 16.7. The number of carbonyl (C=O) groups is 2. The third-order valence-corrected chi connectivity index (χ3v) is 8.29. The van der Waals surface area contributed by atoms with Crippen LogP contribution in [0, 0.1) is 0 Å². The first kappa shape index (κ1) is 25.9. The van der Waals surface area contributed by atoms with E-state index < -0.39 is 17.7 Å². The number of amides is 1. The Balaban J connectivity index is 1.51. The van der Waals surface area contributed by atoms with Crippen LogP contribution in [0.15, 0.2) is 83.0 Å². The summed E-state index contributed by atoms with van der Waals surface area (Å²) >= 11 is 8.89. The van der Waals surface area contributed by atoms with Crippen LogP contribution >= 0.6 is 34.7 Å². The summed E-state index contributed by atoms with van der Waals surface area (Å²) in [5.74, 6) is -0.685. The normalized spacial score (nSPS) is 16.7. The van der Waals surface area contributed by atoms with Gasteiger partial charge < -0.3 is 9.84 Å². The van der Waals surface area contributed by atoms with Gasteiger partial charge in [-0.25, -0.2) is 0 Å². The van der Waals surface area contributed by atoms with Gasteiger partial charge in [-0.05, 0) is 60.5 Å². The highest BCUT2D eigenvalue weighted by atomic mass is 35.5. The van der Waals surface area contributed by atoms with E-state index in [2.05, 4.69) is 15.2 Å². The molecule has 1 amide bonds. The monoisotopic (exact) mass is 564 g/mol. The second-order valence-corrected chi connectivity index (χ2v) is 10.7. The highest BCUT2D eigenvalue weighted by Gasteiger charge is 2.48. The van der Waals surface area contributed by atoms with Crippen molar-refractivity contribution >= 4 is 57.3 Å². The maximum absolute atomic E-state index is 13.3. The smallest absolute Gasteiger partial charge is 0.301 e. The number of thioether (sulfide) groups is 1. The summed E-state index contributed by atoms with van der Waals surface area (Å²) in [7, 11) is 0. The minimum absolute atomic E-state index is 0.0363. The van der Waals surface area contributed by atoms with Gasteiger partial charge in [0.2, 0.25) is 5.13 Å². The molecule has 2 aromatic heterocycles. The molecule has 8 nitrogen and oxygen atoms in total. The Kier molecular flexibility index (Phi) is 7.73. The lowest BCUT2D eigenvalue weighted by molar-refractivity contribution is -0.132. The van der Waals surface area contributed by atoms with Crippen LogP contribution in [-0.4, -0.2) is 38.6 Å². The van der Waals surface area contributed by atoms with Gasteiger partial charge in [0, 0.05) is 28.7 Å². The molecule has 0 bridgehead atoms. The molecule has 0 spiro atoms. The predicted octanol–water partition coefficient (Wildman–Crippen LogP) is 5.90. The van der Waals surface area contributed by atoms with Gasteiger partial charge in [0.25, 0.3) is 5.78 Å². The van der Waals surface area contributed by atoms with E-state index in [1.165, 1.54) is 28.0 Å². The molecular formula is C27H21ClN4O4S2. The topological polar surface area (TPSA) is 106 Å². The number of hydrogen-bond acceptors (Lipinski definition) is 9. The maximum Gasteiger partial charge on any atom is 0.301 e. The van der Waals surface area contributed by atoms with Gasteiger partial charge in [0.05, 0.1) is 18.2 Å². The van der Waals surface area contributed by atoms with E-state index in [1.54, 1.807) is 48.8 Å². The van der Waals surface area contributed by atoms with Crippen molar-refractivity contribution < 1.29 is 19.4 Å². The average molecular weight is 565 g/mol. The summed E-state index contributed by atoms with van der Waals surface area (Å²) in [6.07, 6.45) is 3.13. The van der Waals surface area contributed by atoms with Crippen LogP contribution < -0.4 is 9.64 Å². The van der Waals surface area contributed by atoms with Crippen LogP contribution in [0.4, 0.5) is 5.13 Å². The second-order valence-electron chi connectivity index (χ2n) is 8.14. The van der Waals surface area contributed by atoms with Gasteiger partial charge in [-0.15, -0.1) is 10.2 Å². The van der Waals surface area contributed by atoms with Gasteiger partial charge in [-0.3, -0.25) is 19.5 Å². The highest BCUT2D eigenvalue weighted by molar-refractivity contribution is 8.00. The van der Waals surface area contributed by atoms with Crippen LogP contribution in [0.3, 0.4) is 0 Å². The molecule has 1 N–H and O–H groups in total. The van der Waals surface area contributed by atoms with Crippen molar-refractivity contribution in [3.63, 3.8) is 0 Å². The standard InChI is InChI=1S/C27H21ClN4O4S2/c1-2-36-19-9-7-17(8-10-19)23(33)21-22(16-11-13-29-14-12-16)32(25(35)24(21)34)26-30-31-27(38-26)37-15-18-5-3-4-6-20(18)28/h3-14,22,33H,2,15H2,1H3/b23-21-. The van der Waals surface area contributed by atoms with Crippen LogP contribution in [0.25, 0.3) is 5.76 Å². The summed E-state index contributed by atoms with van der Waals surface area (Å²) in [4.78, 5) is 32.0. The van der Waals surface area contributed by atoms with E-state index in [-0.39, 0.29) is 16.5 Å². The number of benzene rings is 2. The molecule has 1 fully saturated rings. The van der Waals surface area contributed by atoms with Gasteiger partial charge in [-0.2, -0.15) is 0 Å². The lowest BCUT2D eigenvalue weighted by Crippen LogP contribution is -2.29. The van der Waals surface area contributed by atoms with Crippen LogP contribution in [0.2, 0.25) is 5.02 Å². The number of halogens is 1. The number of anilines is 1. The zero-order chi connectivity index (χ0) is 26.6. The maximum atomic E-state index is 13.3. The van der Waals surface area contributed by atoms with E-state index in [0.29, 0.717) is 38.6 Å². The van der Waals surface area contributed by atoms with Crippen molar-refractivity contribution in [3.8, 4) is 5.75 Å². The number of aliphatic hydroxyl groups excluding tert-OH is 1. The lowest BCUT2D eigenvalue weighted by atomic mass is 9.96. The zero-order valence-corrected chi connectivity index (χ0v) is 22.5. The van der Waals surface area contributed by atoms with E-state index in [0.717, 1.165) is 5.56 Å². The summed E-state index contributed by atoms with van der Waals surface area (Å²) in [5, 5.41) is 20.6. The number of Topliss-reactive ketones (excluding diaryl/α,β-unsaturated/α-hetero) is 1. The van der Waals surface area contributed by atoms with Gasteiger partial charge >= 0.3 is 5.91 Å².